The molecule has 0 aliphatic carbocycles. The van der Waals surface area contributed by atoms with Crippen molar-refractivity contribution in [2.75, 3.05) is 0 Å². The van der Waals surface area contributed by atoms with Crippen molar-refractivity contribution in [1.82, 2.24) is 0 Å². The van der Waals surface area contributed by atoms with Gasteiger partial charge >= 0.3 is 29.6 Å². The van der Waals surface area contributed by atoms with E-state index in [4.69, 9.17) is 0 Å². The molecule has 0 spiro atoms. The number of hydrogen-bond acceptors (Lipinski definition) is 2. The molecule has 0 bridgehead atoms. The molecule has 13 heavy (non-hydrogen) atoms. The normalized spacial score (nSPS) is 8.62. The van der Waals surface area contributed by atoms with Crippen molar-refractivity contribution in [3.63, 3.8) is 0 Å². The van der Waals surface area contributed by atoms with Crippen LogP contribution in [0.25, 0.3) is 0 Å². The molecule has 0 heterocycles. The number of carbonyl (C=O) groups is 1. The summed E-state index contributed by atoms with van der Waals surface area (Å²) in [5.74, 6) is -0.217. The number of allylic oxidation sites excluding steroid dienone is 1. The minimum atomic E-state index is -0.127. The van der Waals surface area contributed by atoms with Crippen molar-refractivity contribution in [3.05, 3.63) is 42.5 Å². The van der Waals surface area contributed by atoms with Crippen LogP contribution in [0, 0.1) is 0 Å². The molecule has 0 radical (unpaired) electrons. The average molecular weight is 184 g/mol. The maximum absolute atomic E-state index is 11.1. The molecular weight excluding hydrogens is 175 g/mol. The van der Waals surface area contributed by atoms with Gasteiger partial charge in [-0.2, -0.15) is 0 Å². The number of rotatable bonds is 3. The first-order valence-corrected chi connectivity index (χ1v) is 3.64. The Kier molecular flexibility index (Phi) is 5.71. The second-order valence-corrected chi connectivity index (χ2v) is 2.45. The third-order valence-corrected chi connectivity index (χ3v) is 1.56. The Morgan fingerprint density at radius 3 is 2.62 bits per heavy atom. The monoisotopic (exact) mass is 184 g/mol. The predicted octanol–water partition coefficient (Wildman–Crippen LogP) is -1.94. The van der Waals surface area contributed by atoms with Crippen LogP contribution in [0.4, 0.5) is 0 Å². The van der Waals surface area contributed by atoms with E-state index in [0.29, 0.717) is 5.56 Å². The van der Waals surface area contributed by atoms with E-state index >= 15 is 0 Å². The van der Waals surface area contributed by atoms with E-state index < -0.39 is 0 Å². The summed E-state index contributed by atoms with van der Waals surface area (Å²) in [5, 5.41) is 11.1. The molecule has 0 aliphatic heterocycles. The van der Waals surface area contributed by atoms with Gasteiger partial charge < -0.3 is 5.11 Å². The van der Waals surface area contributed by atoms with Crippen LogP contribution < -0.4 is 34.7 Å². The van der Waals surface area contributed by atoms with Gasteiger partial charge in [-0.15, -0.1) is 5.75 Å². The number of para-hydroxylation sites is 1. The average Bonchev–Trinajstić information content (AvgIpc) is 2.09. The van der Waals surface area contributed by atoms with Gasteiger partial charge in [-0.1, -0.05) is 30.8 Å². The van der Waals surface area contributed by atoms with E-state index in [0.717, 1.165) is 0 Å². The van der Waals surface area contributed by atoms with Crippen LogP contribution in [0.5, 0.6) is 5.75 Å². The molecule has 0 unspecified atom stereocenters. The third-order valence-electron chi connectivity index (χ3n) is 1.56. The molecule has 0 saturated carbocycles. The summed E-state index contributed by atoms with van der Waals surface area (Å²) in [7, 11) is 0. The summed E-state index contributed by atoms with van der Waals surface area (Å²) in [6.45, 7) is 3.33. The van der Waals surface area contributed by atoms with Crippen LogP contribution in [0.15, 0.2) is 36.9 Å². The molecular formula is C10H9NaO2. The van der Waals surface area contributed by atoms with Crippen molar-refractivity contribution in [1.29, 1.82) is 0 Å². The predicted molar refractivity (Wildman–Crippen MR) is 44.8 cm³/mol. The van der Waals surface area contributed by atoms with Gasteiger partial charge in [-0.3, -0.25) is 4.79 Å². The molecule has 0 N–H and O–H groups in total. The first-order chi connectivity index (χ1) is 5.74. The van der Waals surface area contributed by atoms with Gasteiger partial charge in [0.15, 0.2) is 5.78 Å². The molecule has 1 aromatic rings. The molecule has 0 amide bonds. The zero-order chi connectivity index (χ0) is 8.97. The third kappa shape index (κ3) is 3.77. The summed E-state index contributed by atoms with van der Waals surface area (Å²) >= 11 is 0. The van der Waals surface area contributed by atoms with E-state index in [-0.39, 0.29) is 47.5 Å². The Hall–Kier alpha value is -0.570. The topological polar surface area (TPSA) is 40.1 Å². The quantitative estimate of drug-likeness (QED) is 0.405. The Morgan fingerprint density at radius 1 is 1.46 bits per heavy atom. The first kappa shape index (κ1) is 12.4. The molecule has 0 saturated heterocycles. The van der Waals surface area contributed by atoms with E-state index in [9.17, 15) is 9.90 Å². The summed E-state index contributed by atoms with van der Waals surface area (Å²) in [6.07, 6.45) is 1.38. The molecule has 62 valence electrons. The summed E-state index contributed by atoms with van der Waals surface area (Å²) < 4.78 is 0. The summed E-state index contributed by atoms with van der Waals surface area (Å²) in [5.41, 5.74) is 0.530. The first-order valence-electron chi connectivity index (χ1n) is 3.64. The van der Waals surface area contributed by atoms with E-state index in [1.54, 1.807) is 18.2 Å². The molecule has 0 aromatic heterocycles. The summed E-state index contributed by atoms with van der Waals surface area (Å²) in [6, 6.07) is 6.51. The standard InChI is InChI=1S/C10H10O2.Na/c1-2-9(11)7-8-5-3-4-6-10(8)12;/h2-6,12H,1,7H2;/q;+1/p-1. The van der Waals surface area contributed by atoms with E-state index in [1.165, 1.54) is 12.1 Å². The van der Waals surface area contributed by atoms with Crippen LogP contribution in [-0.4, -0.2) is 5.78 Å². The van der Waals surface area contributed by atoms with Crippen LogP contribution in [0.2, 0.25) is 0 Å². The SMILES string of the molecule is C=CC(=O)Cc1ccccc1[O-].[Na+]. The number of hydrogen-bond donors (Lipinski definition) is 0. The molecule has 1 aromatic carbocycles. The Morgan fingerprint density at radius 2 is 2.08 bits per heavy atom. The van der Waals surface area contributed by atoms with E-state index in [2.05, 4.69) is 6.58 Å². The maximum Gasteiger partial charge on any atom is 1.00 e. The minimum Gasteiger partial charge on any atom is -0.872 e. The fraction of sp³-hybridized carbons (Fsp3) is 0.100. The van der Waals surface area contributed by atoms with Crippen LogP contribution in [-0.2, 0) is 11.2 Å². The van der Waals surface area contributed by atoms with Crippen LogP contribution in [0.1, 0.15) is 5.56 Å². The maximum atomic E-state index is 11.1. The van der Waals surface area contributed by atoms with Crippen LogP contribution in [0.3, 0.4) is 0 Å². The van der Waals surface area contributed by atoms with Gasteiger partial charge in [0.25, 0.3) is 0 Å². The molecule has 0 atom stereocenters. The molecule has 0 fully saturated rings. The number of carbonyl (C=O) groups excluding carboxylic acids is 1. The Balaban J connectivity index is 0.00000144. The van der Waals surface area contributed by atoms with Crippen molar-refractivity contribution in [2.24, 2.45) is 0 Å². The number of benzene rings is 1. The molecule has 0 aliphatic rings. The van der Waals surface area contributed by atoms with E-state index in [1.807, 2.05) is 0 Å². The second kappa shape index (κ2) is 5.97. The number of ketones is 1. The van der Waals surface area contributed by atoms with Crippen molar-refractivity contribution < 1.29 is 39.5 Å². The zero-order valence-corrected chi connectivity index (χ0v) is 9.62. The van der Waals surface area contributed by atoms with Crippen molar-refractivity contribution >= 4 is 5.78 Å². The zero-order valence-electron chi connectivity index (χ0n) is 7.62. The largest absolute Gasteiger partial charge is 1.00 e. The van der Waals surface area contributed by atoms with Gasteiger partial charge in [0.1, 0.15) is 0 Å². The smallest absolute Gasteiger partial charge is 0.872 e. The van der Waals surface area contributed by atoms with Gasteiger partial charge in [0.2, 0.25) is 0 Å². The van der Waals surface area contributed by atoms with Crippen molar-refractivity contribution in [3.8, 4) is 5.75 Å². The Labute approximate surface area is 99.6 Å². The molecule has 1 rings (SSSR count). The van der Waals surface area contributed by atoms with Crippen molar-refractivity contribution in [2.45, 2.75) is 6.42 Å². The van der Waals surface area contributed by atoms with Gasteiger partial charge in [0, 0.05) is 6.42 Å². The summed E-state index contributed by atoms with van der Waals surface area (Å²) in [4.78, 5) is 10.9. The molecule has 2 nitrogen and oxygen atoms in total. The van der Waals surface area contributed by atoms with Gasteiger partial charge in [-0.05, 0) is 11.6 Å². The van der Waals surface area contributed by atoms with Crippen LogP contribution >= 0.6 is 0 Å². The fourth-order valence-electron chi connectivity index (χ4n) is 0.910. The Bertz CT molecular complexity index is 308. The second-order valence-electron chi connectivity index (χ2n) is 2.45. The minimum absolute atomic E-state index is 0. The van der Waals surface area contributed by atoms with Gasteiger partial charge in [-0.25, -0.2) is 0 Å². The molecule has 3 heteroatoms. The fourth-order valence-corrected chi connectivity index (χ4v) is 0.910. The van der Waals surface area contributed by atoms with Gasteiger partial charge in [0.05, 0.1) is 0 Å².